The van der Waals surface area contributed by atoms with Crippen molar-refractivity contribution >= 4 is 18.0 Å². The highest BCUT2D eigenvalue weighted by molar-refractivity contribution is 5.89. The van der Waals surface area contributed by atoms with Crippen molar-refractivity contribution in [3.05, 3.63) is 35.9 Å². The Kier molecular flexibility index (Phi) is 8.60. The number of nitrogens with zero attached hydrogens (tertiary/aromatic N) is 1. The van der Waals surface area contributed by atoms with Crippen molar-refractivity contribution in [2.45, 2.75) is 32.0 Å². The number of carbonyl (C=O) groups excluding carboxylic acids is 2. The Balaban J connectivity index is 2.57. The minimum absolute atomic E-state index is 0.0239. The maximum Gasteiger partial charge on any atom is 0.408 e. The van der Waals surface area contributed by atoms with E-state index in [1.165, 1.54) is 6.92 Å². The van der Waals surface area contributed by atoms with Gasteiger partial charge in [0.05, 0.1) is 12.7 Å². The zero-order chi connectivity index (χ0) is 19.5. The second-order valence-electron chi connectivity index (χ2n) is 5.61. The Morgan fingerprint density at radius 1 is 1.19 bits per heavy atom. The third-order valence-corrected chi connectivity index (χ3v) is 3.43. The van der Waals surface area contributed by atoms with Crippen molar-refractivity contribution < 1.29 is 29.3 Å². The zero-order valence-electron chi connectivity index (χ0n) is 14.2. The number of aliphatic hydroxyl groups is 1. The van der Waals surface area contributed by atoms with Crippen LogP contribution in [0.1, 0.15) is 18.9 Å². The van der Waals surface area contributed by atoms with Crippen molar-refractivity contribution in [3.63, 3.8) is 0 Å². The molecular weight excluding hydrogens is 342 g/mol. The summed E-state index contributed by atoms with van der Waals surface area (Å²) in [4.78, 5) is 35.0. The molecule has 0 aliphatic heterocycles. The molecular formula is C17H21N3O6. The summed E-state index contributed by atoms with van der Waals surface area (Å²) in [6, 6.07) is 8.04. The number of rotatable bonds is 9. The first-order chi connectivity index (χ1) is 12.4. The zero-order valence-corrected chi connectivity index (χ0v) is 14.2. The molecule has 0 aliphatic carbocycles. The minimum Gasteiger partial charge on any atom is -0.480 e. The molecule has 0 fully saturated rings. The van der Waals surface area contributed by atoms with Crippen LogP contribution >= 0.6 is 0 Å². The summed E-state index contributed by atoms with van der Waals surface area (Å²) in [5.74, 6) is -2.79. The SMILES string of the molecule is C[C@H](C#N)C[C@@H](NC(=O)[C@H](CO)NC(=O)OCc1ccccc1)C(=O)O. The number of benzene rings is 1. The second-order valence-corrected chi connectivity index (χ2v) is 5.61. The quantitative estimate of drug-likeness (QED) is 0.496. The lowest BCUT2D eigenvalue weighted by Gasteiger charge is -2.20. The third kappa shape index (κ3) is 7.19. The number of aliphatic carboxylic acids is 1. The molecule has 9 nitrogen and oxygen atoms in total. The van der Waals surface area contributed by atoms with E-state index in [0.717, 1.165) is 5.56 Å². The van der Waals surface area contributed by atoms with Gasteiger partial charge in [-0.2, -0.15) is 5.26 Å². The van der Waals surface area contributed by atoms with Gasteiger partial charge < -0.3 is 25.6 Å². The number of alkyl carbamates (subject to hydrolysis) is 1. The highest BCUT2D eigenvalue weighted by Crippen LogP contribution is 2.06. The smallest absolute Gasteiger partial charge is 0.408 e. The predicted octanol–water partition coefficient (Wildman–Crippen LogP) is 0.393. The Bertz CT molecular complexity index is 658. The summed E-state index contributed by atoms with van der Waals surface area (Å²) in [6.07, 6.45) is -1.03. The van der Waals surface area contributed by atoms with Gasteiger partial charge in [-0.3, -0.25) is 4.79 Å². The van der Waals surface area contributed by atoms with E-state index in [2.05, 4.69) is 10.6 Å². The molecule has 1 aromatic carbocycles. The highest BCUT2D eigenvalue weighted by atomic mass is 16.5. The van der Waals surface area contributed by atoms with Gasteiger partial charge in [0.2, 0.25) is 5.91 Å². The number of carboxylic acids is 1. The first-order valence-electron chi connectivity index (χ1n) is 7.88. The molecule has 4 N–H and O–H groups in total. The number of amides is 2. The average Bonchev–Trinajstić information content (AvgIpc) is 2.64. The first-order valence-corrected chi connectivity index (χ1v) is 7.88. The predicted molar refractivity (Wildman–Crippen MR) is 89.6 cm³/mol. The van der Waals surface area contributed by atoms with Gasteiger partial charge >= 0.3 is 12.1 Å². The lowest BCUT2D eigenvalue weighted by atomic mass is 10.0. The van der Waals surface area contributed by atoms with E-state index in [1.807, 2.05) is 12.1 Å². The molecule has 1 aromatic rings. The van der Waals surface area contributed by atoms with Crippen LogP contribution in [0.3, 0.4) is 0 Å². The minimum atomic E-state index is -1.38. The van der Waals surface area contributed by atoms with Crippen LogP contribution in [-0.2, 0) is 20.9 Å². The topological polar surface area (TPSA) is 149 Å². The Morgan fingerprint density at radius 3 is 2.38 bits per heavy atom. The number of hydrogen-bond acceptors (Lipinski definition) is 6. The first kappa shape index (κ1) is 20.9. The Labute approximate surface area is 150 Å². The Hall–Kier alpha value is -3.12. The van der Waals surface area contributed by atoms with Crippen LogP contribution in [0.2, 0.25) is 0 Å². The summed E-state index contributed by atoms with van der Waals surface area (Å²) in [5.41, 5.74) is 0.740. The fourth-order valence-corrected chi connectivity index (χ4v) is 2.00. The molecule has 0 saturated heterocycles. The van der Waals surface area contributed by atoms with Crippen molar-refractivity contribution in [1.29, 1.82) is 5.26 Å². The van der Waals surface area contributed by atoms with Gasteiger partial charge in [0, 0.05) is 5.92 Å². The summed E-state index contributed by atoms with van der Waals surface area (Å²) in [5, 5.41) is 31.5. The monoisotopic (exact) mass is 363 g/mol. The molecule has 0 spiro atoms. The molecule has 0 unspecified atom stereocenters. The lowest BCUT2D eigenvalue weighted by Crippen LogP contribution is -2.53. The van der Waals surface area contributed by atoms with Gasteiger partial charge in [-0.25, -0.2) is 9.59 Å². The molecule has 26 heavy (non-hydrogen) atoms. The lowest BCUT2D eigenvalue weighted by molar-refractivity contribution is -0.142. The van der Waals surface area contributed by atoms with E-state index in [0.29, 0.717) is 0 Å². The molecule has 0 heterocycles. The van der Waals surface area contributed by atoms with Crippen LogP contribution in [0.4, 0.5) is 4.79 Å². The molecule has 0 aliphatic rings. The van der Waals surface area contributed by atoms with Gasteiger partial charge in [-0.15, -0.1) is 0 Å². The standard InChI is InChI=1S/C17H21N3O6/c1-11(8-18)7-13(16(23)24)19-15(22)14(9-21)20-17(25)26-10-12-5-3-2-4-6-12/h2-6,11,13-14,21H,7,9-10H2,1H3,(H,19,22)(H,20,25)(H,23,24)/t11-,13+,14-/m0/s1. The number of hydrogen-bond donors (Lipinski definition) is 4. The molecule has 3 atom stereocenters. The molecule has 9 heteroatoms. The van der Waals surface area contributed by atoms with E-state index in [4.69, 9.17) is 15.1 Å². The molecule has 2 amide bonds. The molecule has 0 aromatic heterocycles. The molecule has 140 valence electrons. The maximum atomic E-state index is 12.1. The highest BCUT2D eigenvalue weighted by Gasteiger charge is 2.27. The molecule has 0 radical (unpaired) electrons. The van der Waals surface area contributed by atoms with Crippen molar-refractivity contribution in [2.75, 3.05) is 6.61 Å². The van der Waals surface area contributed by atoms with Crippen LogP contribution in [0, 0.1) is 17.2 Å². The fourth-order valence-electron chi connectivity index (χ4n) is 2.00. The maximum absolute atomic E-state index is 12.1. The van der Waals surface area contributed by atoms with Crippen LogP contribution in [0.5, 0.6) is 0 Å². The van der Waals surface area contributed by atoms with E-state index in [9.17, 15) is 19.5 Å². The Morgan fingerprint density at radius 2 is 1.85 bits per heavy atom. The van der Waals surface area contributed by atoms with Crippen molar-refractivity contribution in [1.82, 2.24) is 10.6 Å². The molecule has 1 rings (SSSR count). The number of nitriles is 1. The van der Waals surface area contributed by atoms with Gasteiger partial charge in [-0.05, 0) is 18.9 Å². The molecule has 0 saturated carbocycles. The third-order valence-electron chi connectivity index (χ3n) is 3.43. The van der Waals surface area contributed by atoms with Crippen LogP contribution in [0.25, 0.3) is 0 Å². The van der Waals surface area contributed by atoms with Crippen LogP contribution in [-0.4, -0.2) is 46.9 Å². The average molecular weight is 363 g/mol. The molecule has 0 bridgehead atoms. The number of carbonyl (C=O) groups is 3. The second kappa shape index (κ2) is 10.7. The number of carboxylic acid groups (broad SMARTS) is 1. The van der Waals surface area contributed by atoms with Gasteiger partial charge in [0.15, 0.2) is 0 Å². The largest absolute Gasteiger partial charge is 0.480 e. The van der Waals surface area contributed by atoms with E-state index >= 15 is 0 Å². The van der Waals surface area contributed by atoms with Crippen LogP contribution < -0.4 is 10.6 Å². The van der Waals surface area contributed by atoms with Crippen LogP contribution in [0.15, 0.2) is 30.3 Å². The van der Waals surface area contributed by atoms with Crippen molar-refractivity contribution in [3.8, 4) is 6.07 Å². The van der Waals surface area contributed by atoms with Gasteiger partial charge in [0.25, 0.3) is 0 Å². The number of nitrogens with one attached hydrogen (secondary N) is 2. The summed E-state index contributed by atoms with van der Waals surface area (Å²) >= 11 is 0. The van der Waals surface area contributed by atoms with E-state index in [-0.39, 0.29) is 13.0 Å². The van der Waals surface area contributed by atoms with E-state index in [1.54, 1.807) is 24.3 Å². The van der Waals surface area contributed by atoms with Gasteiger partial charge in [0.1, 0.15) is 18.7 Å². The number of aliphatic hydroxyl groups excluding tert-OH is 1. The summed E-state index contributed by atoms with van der Waals surface area (Å²) in [7, 11) is 0. The fraction of sp³-hybridized carbons (Fsp3) is 0.412. The summed E-state index contributed by atoms with van der Waals surface area (Å²) < 4.78 is 4.94. The van der Waals surface area contributed by atoms with Crippen molar-refractivity contribution in [2.24, 2.45) is 5.92 Å². The summed E-state index contributed by atoms with van der Waals surface area (Å²) in [6.45, 7) is 0.751. The van der Waals surface area contributed by atoms with E-state index < -0.39 is 42.6 Å². The normalized spacial score (nSPS) is 13.6. The van der Waals surface area contributed by atoms with Gasteiger partial charge in [-0.1, -0.05) is 30.3 Å². The number of ether oxygens (including phenoxy) is 1.